The van der Waals surface area contributed by atoms with Crippen LogP contribution in [0.3, 0.4) is 0 Å². The van der Waals surface area contributed by atoms with Crippen LogP contribution in [0.5, 0.6) is 5.75 Å². The lowest BCUT2D eigenvalue weighted by Crippen LogP contribution is -2.41. The summed E-state index contributed by atoms with van der Waals surface area (Å²) in [6.07, 6.45) is 2.01. The van der Waals surface area contributed by atoms with Gasteiger partial charge in [0.2, 0.25) is 0 Å². The molecule has 0 unspecified atom stereocenters. The number of hydrogen-bond acceptors (Lipinski definition) is 3. The number of carbonyl (C=O) groups is 1. The number of rotatable bonds is 7. The van der Waals surface area contributed by atoms with Gasteiger partial charge in [-0.05, 0) is 91.6 Å². The van der Waals surface area contributed by atoms with Crippen LogP contribution >= 0.6 is 0 Å². The molecule has 1 aliphatic carbocycles. The number of halogens is 3. The van der Waals surface area contributed by atoms with Gasteiger partial charge in [-0.25, -0.2) is 0 Å². The molecular formula is C27H34F3NO3. The molecule has 0 aromatic heterocycles. The number of carboxylic acids is 1. The Morgan fingerprint density at radius 2 is 1.94 bits per heavy atom. The third-order valence-corrected chi connectivity index (χ3v) is 7.62. The van der Waals surface area contributed by atoms with Gasteiger partial charge in [0.15, 0.2) is 0 Å². The summed E-state index contributed by atoms with van der Waals surface area (Å²) in [5.41, 5.74) is -0.0920. The molecule has 0 spiro atoms. The van der Waals surface area contributed by atoms with E-state index in [0.29, 0.717) is 30.7 Å². The van der Waals surface area contributed by atoms with Crippen LogP contribution in [0.1, 0.15) is 69.4 Å². The Morgan fingerprint density at radius 3 is 2.59 bits per heavy atom. The average molecular weight is 478 g/mol. The van der Waals surface area contributed by atoms with Crippen molar-refractivity contribution >= 4 is 16.7 Å². The van der Waals surface area contributed by atoms with Crippen molar-refractivity contribution in [1.82, 2.24) is 5.32 Å². The van der Waals surface area contributed by atoms with Crippen LogP contribution in [0.25, 0.3) is 10.8 Å². The Labute approximate surface area is 198 Å². The quantitative estimate of drug-likeness (QED) is 0.472. The van der Waals surface area contributed by atoms with Gasteiger partial charge in [0.05, 0.1) is 12.5 Å². The molecule has 2 fully saturated rings. The molecule has 1 atom stereocenters. The van der Waals surface area contributed by atoms with Gasteiger partial charge >= 0.3 is 12.1 Å². The number of carboxylic acid groups (broad SMARTS) is 1. The molecule has 4 nitrogen and oxygen atoms in total. The fourth-order valence-electron chi connectivity index (χ4n) is 5.65. The minimum atomic E-state index is -4.52. The maximum Gasteiger partial charge on any atom is 0.420 e. The summed E-state index contributed by atoms with van der Waals surface area (Å²) in [5.74, 6) is -0.297. The minimum absolute atomic E-state index is 0.0824. The first-order chi connectivity index (χ1) is 16.2. The smallest absolute Gasteiger partial charge is 0.420 e. The fraction of sp³-hybridized carbons (Fsp3) is 0.593. The van der Waals surface area contributed by atoms with Crippen LogP contribution in [0.2, 0.25) is 0 Å². The number of ether oxygens (including phenoxy) is 1. The topological polar surface area (TPSA) is 58.6 Å². The Morgan fingerprint density at radius 1 is 1.18 bits per heavy atom. The Hall–Kier alpha value is -2.28. The second-order valence-corrected chi connectivity index (χ2v) is 10.3. The van der Waals surface area contributed by atoms with Crippen LogP contribution in [0, 0.1) is 11.3 Å². The lowest BCUT2D eigenvalue weighted by Gasteiger charge is -2.36. The molecule has 0 radical (unpaired) electrons. The molecule has 1 saturated carbocycles. The van der Waals surface area contributed by atoms with E-state index in [-0.39, 0.29) is 29.1 Å². The molecule has 0 bridgehead atoms. The van der Waals surface area contributed by atoms with E-state index in [1.54, 1.807) is 24.3 Å². The van der Waals surface area contributed by atoms with Crippen LogP contribution in [-0.4, -0.2) is 30.3 Å². The molecule has 2 aromatic rings. The van der Waals surface area contributed by atoms with Gasteiger partial charge < -0.3 is 15.2 Å². The summed E-state index contributed by atoms with van der Waals surface area (Å²) >= 11 is 0. The van der Waals surface area contributed by atoms with Gasteiger partial charge in [-0.15, -0.1) is 0 Å². The van der Waals surface area contributed by atoms with E-state index in [0.717, 1.165) is 50.6 Å². The number of aliphatic carboxylic acids is 1. The predicted octanol–water partition coefficient (Wildman–Crippen LogP) is 6.59. The zero-order valence-corrected chi connectivity index (χ0v) is 19.7. The van der Waals surface area contributed by atoms with Crippen molar-refractivity contribution in [3.05, 3.63) is 41.5 Å². The molecular weight excluding hydrogens is 443 g/mol. The largest absolute Gasteiger partial charge is 0.490 e. The molecule has 2 N–H and O–H groups in total. The Bertz CT molecular complexity index is 1010. The van der Waals surface area contributed by atoms with Crippen LogP contribution in [0.4, 0.5) is 13.2 Å². The van der Waals surface area contributed by atoms with Crippen LogP contribution in [-0.2, 0) is 17.4 Å². The van der Waals surface area contributed by atoms with E-state index in [2.05, 4.69) is 12.2 Å². The van der Waals surface area contributed by atoms with E-state index in [1.165, 1.54) is 6.07 Å². The van der Waals surface area contributed by atoms with E-state index in [9.17, 15) is 23.1 Å². The number of piperidine rings is 1. The molecule has 1 saturated heterocycles. The molecule has 34 heavy (non-hydrogen) atoms. The number of fused-ring (bicyclic) bond motifs is 1. The highest BCUT2D eigenvalue weighted by atomic mass is 19.4. The minimum Gasteiger partial charge on any atom is -0.490 e. The van der Waals surface area contributed by atoms with Crippen molar-refractivity contribution in [2.45, 2.75) is 77.0 Å². The van der Waals surface area contributed by atoms with Crippen molar-refractivity contribution in [1.29, 1.82) is 0 Å². The first kappa shape index (κ1) is 24.8. The van der Waals surface area contributed by atoms with Crippen LogP contribution < -0.4 is 10.1 Å². The lowest BCUT2D eigenvalue weighted by atomic mass is 9.73. The summed E-state index contributed by atoms with van der Waals surface area (Å²) < 4.78 is 48.2. The first-order valence-corrected chi connectivity index (χ1v) is 12.4. The molecule has 2 aromatic carbocycles. The zero-order chi connectivity index (χ0) is 24.3. The van der Waals surface area contributed by atoms with Crippen molar-refractivity contribution in [2.75, 3.05) is 13.1 Å². The van der Waals surface area contributed by atoms with Gasteiger partial charge in [0, 0.05) is 6.54 Å². The molecule has 2 aliphatic rings. The van der Waals surface area contributed by atoms with Gasteiger partial charge in [0.25, 0.3) is 0 Å². The van der Waals surface area contributed by atoms with E-state index in [4.69, 9.17) is 4.74 Å². The molecule has 0 amide bonds. The second kappa shape index (κ2) is 10.1. The first-order valence-electron chi connectivity index (χ1n) is 12.4. The third-order valence-electron chi connectivity index (χ3n) is 7.62. The zero-order valence-electron chi connectivity index (χ0n) is 19.7. The van der Waals surface area contributed by atoms with Crippen molar-refractivity contribution in [3.63, 3.8) is 0 Å². The lowest BCUT2D eigenvalue weighted by molar-refractivity contribution is -0.140. The highest BCUT2D eigenvalue weighted by molar-refractivity contribution is 5.89. The molecule has 1 heterocycles. The van der Waals surface area contributed by atoms with Gasteiger partial charge in [0.1, 0.15) is 11.3 Å². The summed E-state index contributed by atoms with van der Waals surface area (Å²) in [5, 5.41) is 13.4. The Kier molecular flexibility index (Phi) is 7.41. The SMILES string of the molecule is CC1CCC(Oc2ccc3cc(CC[C@]4(CC(=O)O)CCCNC4)ccc3c2C(F)(F)F)CC1. The monoisotopic (exact) mass is 477 g/mol. The fourth-order valence-corrected chi connectivity index (χ4v) is 5.65. The number of hydrogen-bond donors (Lipinski definition) is 2. The summed E-state index contributed by atoms with van der Waals surface area (Å²) in [6, 6.07) is 8.27. The third kappa shape index (κ3) is 5.85. The van der Waals surface area contributed by atoms with E-state index >= 15 is 0 Å². The van der Waals surface area contributed by atoms with Crippen molar-refractivity contribution in [3.8, 4) is 5.75 Å². The normalized spacial score (nSPS) is 25.9. The highest BCUT2D eigenvalue weighted by Gasteiger charge is 2.38. The molecule has 1 aliphatic heterocycles. The molecule has 4 rings (SSSR count). The van der Waals surface area contributed by atoms with Gasteiger partial charge in [-0.3, -0.25) is 4.79 Å². The Balaban J connectivity index is 1.57. The summed E-state index contributed by atoms with van der Waals surface area (Å²) in [4.78, 5) is 11.4. The summed E-state index contributed by atoms with van der Waals surface area (Å²) in [7, 11) is 0. The van der Waals surface area contributed by atoms with Gasteiger partial charge in [-0.2, -0.15) is 13.2 Å². The molecule has 186 valence electrons. The summed E-state index contributed by atoms with van der Waals surface area (Å²) in [6.45, 7) is 3.72. The second-order valence-electron chi connectivity index (χ2n) is 10.3. The standard InChI is InChI=1S/C27H34F3NO3/c1-18-3-7-21(8-4-18)34-23-10-6-20-15-19(5-9-22(20)25(23)27(28,29)30)11-13-26(16-24(32)33)12-2-14-31-17-26/h5-6,9-10,15,18,21,31H,2-4,7-8,11-14,16-17H2,1H3,(H,32,33)/t18?,21?,26-/m0/s1. The highest BCUT2D eigenvalue weighted by Crippen LogP contribution is 2.43. The number of benzene rings is 2. The van der Waals surface area contributed by atoms with Crippen molar-refractivity contribution < 1.29 is 27.8 Å². The average Bonchev–Trinajstić information content (AvgIpc) is 2.78. The maximum absolute atomic E-state index is 14.1. The molecule has 7 heteroatoms. The van der Waals surface area contributed by atoms with Crippen LogP contribution in [0.15, 0.2) is 30.3 Å². The van der Waals surface area contributed by atoms with E-state index in [1.807, 2.05) is 0 Å². The number of nitrogens with one attached hydrogen (secondary N) is 1. The predicted molar refractivity (Wildman–Crippen MR) is 126 cm³/mol. The number of aryl methyl sites for hydroxylation is 1. The van der Waals surface area contributed by atoms with Crippen molar-refractivity contribution in [2.24, 2.45) is 11.3 Å². The van der Waals surface area contributed by atoms with E-state index < -0.39 is 17.7 Å². The van der Waals surface area contributed by atoms with Gasteiger partial charge in [-0.1, -0.05) is 31.2 Å². The number of alkyl halides is 3. The maximum atomic E-state index is 14.1.